The van der Waals surface area contributed by atoms with Gasteiger partial charge < -0.3 is 25.3 Å². The maximum Gasteiger partial charge on any atom is 0.422 e. The number of nitrogens with two attached hydrogens (primary N) is 1. The summed E-state index contributed by atoms with van der Waals surface area (Å²) in [5.74, 6) is 0.390. The van der Waals surface area contributed by atoms with Crippen LogP contribution in [0.2, 0.25) is 0 Å². The number of benzene rings is 2. The lowest BCUT2D eigenvalue weighted by Gasteiger charge is -2.13. The fourth-order valence-electron chi connectivity index (χ4n) is 2.37. The van der Waals surface area contributed by atoms with Crippen molar-refractivity contribution in [3.8, 4) is 11.5 Å². The zero-order valence-corrected chi connectivity index (χ0v) is 15.5. The van der Waals surface area contributed by atoms with Crippen LogP contribution in [-0.2, 0) is 17.9 Å². The van der Waals surface area contributed by atoms with Crippen molar-refractivity contribution in [2.45, 2.75) is 19.3 Å². The largest absolute Gasteiger partial charge is 0.493 e. The number of hydrogen-bond acceptors (Lipinski definition) is 4. The Balaban J connectivity index is 2.04. The molecule has 0 fully saturated rings. The summed E-state index contributed by atoms with van der Waals surface area (Å²) in [5.41, 5.74) is 8.34. The Morgan fingerprint density at radius 3 is 2.54 bits per heavy atom. The van der Waals surface area contributed by atoms with Crippen molar-refractivity contribution >= 4 is 11.6 Å². The Hall–Kier alpha value is -2.94. The molecule has 28 heavy (non-hydrogen) atoms. The zero-order chi connectivity index (χ0) is 20.6. The smallest absolute Gasteiger partial charge is 0.422 e. The molecule has 3 N–H and O–H groups in total. The third-order valence-electron chi connectivity index (χ3n) is 3.63. The van der Waals surface area contributed by atoms with Crippen molar-refractivity contribution < 1.29 is 27.4 Å². The van der Waals surface area contributed by atoms with Crippen LogP contribution in [0.15, 0.2) is 47.5 Å². The number of methoxy groups -OCH3 is 2. The average molecular weight is 397 g/mol. The topological polar surface area (TPSA) is 78.1 Å². The average Bonchev–Trinajstić information content (AvgIpc) is 2.66. The normalized spacial score (nSPS) is 12.0. The summed E-state index contributed by atoms with van der Waals surface area (Å²) in [7, 11) is 2.95. The molecule has 0 aliphatic rings. The third-order valence-corrected chi connectivity index (χ3v) is 3.63. The highest BCUT2D eigenvalue weighted by Gasteiger charge is 2.29. The Labute approximate surface area is 161 Å². The van der Waals surface area contributed by atoms with Crippen molar-refractivity contribution in [3.05, 3.63) is 53.6 Å². The number of nitrogens with one attached hydrogen (secondary N) is 1. The molecule has 0 unspecified atom stereocenters. The summed E-state index contributed by atoms with van der Waals surface area (Å²) in [6.07, 6.45) is -4.42. The highest BCUT2D eigenvalue weighted by molar-refractivity contribution is 5.92. The predicted octanol–water partition coefficient (Wildman–Crippen LogP) is 3.71. The number of para-hydroxylation sites is 1. The number of guanidine groups is 1. The number of aliphatic imine (C=N–C) groups is 1. The molecule has 0 heterocycles. The Bertz CT molecular complexity index is 810. The summed E-state index contributed by atoms with van der Waals surface area (Å²) in [6.45, 7) is -0.757. The van der Waals surface area contributed by atoms with Crippen LogP contribution < -0.4 is 20.5 Å². The lowest BCUT2D eigenvalue weighted by Crippen LogP contribution is -2.23. The van der Waals surface area contributed by atoms with Crippen LogP contribution in [0.3, 0.4) is 0 Å². The van der Waals surface area contributed by atoms with Gasteiger partial charge in [-0.15, -0.1) is 0 Å². The van der Waals surface area contributed by atoms with Gasteiger partial charge in [0.05, 0.1) is 20.3 Å². The van der Waals surface area contributed by atoms with Gasteiger partial charge in [-0.25, -0.2) is 4.99 Å². The van der Waals surface area contributed by atoms with Crippen LogP contribution in [0.5, 0.6) is 11.5 Å². The highest BCUT2D eigenvalue weighted by atomic mass is 19.4. The van der Waals surface area contributed by atoms with Gasteiger partial charge in [-0.05, 0) is 23.8 Å². The molecule has 0 spiro atoms. The predicted molar refractivity (Wildman–Crippen MR) is 101 cm³/mol. The lowest BCUT2D eigenvalue weighted by molar-refractivity contribution is -0.153. The van der Waals surface area contributed by atoms with Gasteiger partial charge in [-0.2, -0.15) is 13.2 Å². The molecule has 0 aliphatic carbocycles. The molecule has 6 nitrogen and oxygen atoms in total. The van der Waals surface area contributed by atoms with E-state index >= 15 is 0 Å². The van der Waals surface area contributed by atoms with Crippen LogP contribution in [-0.4, -0.2) is 33.0 Å². The molecule has 0 aromatic heterocycles. The van der Waals surface area contributed by atoms with Gasteiger partial charge in [0, 0.05) is 18.4 Å². The summed E-state index contributed by atoms with van der Waals surface area (Å²) >= 11 is 0. The maximum absolute atomic E-state index is 12.3. The highest BCUT2D eigenvalue weighted by Crippen LogP contribution is 2.30. The van der Waals surface area contributed by atoms with Crippen molar-refractivity contribution in [1.29, 1.82) is 0 Å². The maximum atomic E-state index is 12.3. The van der Waals surface area contributed by atoms with Gasteiger partial charge in [0.15, 0.2) is 24.1 Å². The quantitative estimate of drug-likeness (QED) is 0.525. The van der Waals surface area contributed by atoms with Crippen molar-refractivity contribution in [2.75, 3.05) is 26.1 Å². The summed E-state index contributed by atoms with van der Waals surface area (Å²) in [6, 6.07) is 12.1. The molecular weight excluding hydrogens is 375 g/mol. The van der Waals surface area contributed by atoms with Crippen molar-refractivity contribution in [2.24, 2.45) is 10.7 Å². The second kappa shape index (κ2) is 9.84. The molecule has 9 heteroatoms. The van der Waals surface area contributed by atoms with Gasteiger partial charge in [0.25, 0.3) is 0 Å². The van der Waals surface area contributed by atoms with Crippen LogP contribution in [0.25, 0.3) is 0 Å². The summed E-state index contributed by atoms with van der Waals surface area (Å²) < 4.78 is 51.9. The first-order valence-electron chi connectivity index (χ1n) is 8.32. The summed E-state index contributed by atoms with van der Waals surface area (Å²) in [5, 5.41) is 3.01. The van der Waals surface area contributed by atoms with E-state index in [2.05, 4.69) is 10.3 Å². The molecule has 0 amide bonds. The molecule has 2 rings (SSSR count). The Morgan fingerprint density at radius 1 is 1.11 bits per heavy atom. The van der Waals surface area contributed by atoms with Crippen molar-refractivity contribution in [1.82, 2.24) is 0 Å². The van der Waals surface area contributed by atoms with Crippen LogP contribution in [0.1, 0.15) is 11.1 Å². The molecule has 2 aromatic carbocycles. The van der Waals surface area contributed by atoms with Crippen molar-refractivity contribution in [3.63, 3.8) is 0 Å². The van der Waals surface area contributed by atoms with Gasteiger partial charge in [0.1, 0.15) is 0 Å². The minimum atomic E-state index is -4.42. The minimum Gasteiger partial charge on any atom is -0.493 e. The second-order valence-corrected chi connectivity index (χ2v) is 5.81. The van der Waals surface area contributed by atoms with Gasteiger partial charge in [-0.3, -0.25) is 0 Å². The first-order chi connectivity index (χ1) is 13.3. The van der Waals surface area contributed by atoms with Gasteiger partial charge >= 0.3 is 6.18 Å². The van der Waals surface area contributed by atoms with E-state index in [9.17, 15) is 13.2 Å². The van der Waals surface area contributed by atoms with Crippen LogP contribution in [0, 0.1) is 0 Å². The standard InChI is InChI=1S/C19H22F3N3O3/c1-26-11-14-5-3-4-6-15(14)25-18(23)24-10-13-7-8-16(17(9-13)27-2)28-12-19(20,21)22/h3-9H,10-12H2,1-2H3,(H3,23,24,25). The van der Waals surface area contributed by atoms with Gasteiger partial charge in [-0.1, -0.05) is 24.3 Å². The number of rotatable bonds is 8. The summed E-state index contributed by atoms with van der Waals surface area (Å²) in [4.78, 5) is 4.25. The number of alkyl halides is 3. The second-order valence-electron chi connectivity index (χ2n) is 5.81. The van der Waals surface area contributed by atoms with Crippen LogP contribution in [0.4, 0.5) is 18.9 Å². The zero-order valence-electron chi connectivity index (χ0n) is 15.5. The molecule has 2 aromatic rings. The number of nitrogens with zero attached hydrogens (tertiary/aromatic N) is 1. The molecule has 0 aliphatic heterocycles. The first kappa shape index (κ1) is 21.4. The lowest BCUT2D eigenvalue weighted by atomic mass is 10.2. The fourth-order valence-corrected chi connectivity index (χ4v) is 2.37. The number of anilines is 1. The van der Waals surface area contributed by atoms with Crippen LogP contribution >= 0.6 is 0 Å². The van der Waals surface area contributed by atoms with Gasteiger partial charge in [0.2, 0.25) is 0 Å². The van der Waals surface area contributed by atoms with E-state index in [1.807, 2.05) is 24.3 Å². The fraction of sp³-hybridized carbons (Fsp3) is 0.316. The Morgan fingerprint density at radius 2 is 1.86 bits per heavy atom. The number of ether oxygens (including phenoxy) is 3. The monoisotopic (exact) mass is 397 g/mol. The Kier molecular flexibility index (Phi) is 7.51. The van der Waals surface area contributed by atoms with E-state index in [1.165, 1.54) is 13.2 Å². The minimum absolute atomic E-state index is 0.00662. The SMILES string of the molecule is COCc1ccccc1NC(N)=NCc1ccc(OCC(F)(F)F)c(OC)c1. The van der Waals surface area contributed by atoms with E-state index in [0.29, 0.717) is 12.2 Å². The van der Waals surface area contributed by atoms with E-state index in [-0.39, 0.29) is 24.0 Å². The molecule has 0 radical (unpaired) electrons. The first-order valence-corrected chi connectivity index (χ1v) is 8.32. The molecule has 0 saturated heterocycles. The van der Waals surface area contributed by atoms with E-state index < -0.39 is 12.8 Å². The molecule has 0 atom stereocenters. The molecular formula is C19H22F3N3O3. The number of halogens is 3. The van der Waals surface area contributed by atoms with E-state index in [0.717, 1.165) is 11.3 Å². The van der Waals surface area contributed by atoms with E-state index in [1.54, 1.807) is 19.2 Å². The third kappa shape index (κ3) is 6.66. The number of hydrogen-bond donors (Lipinski definition) is 2. The molecule has 0 bridgehead atoms. The molecule has 0 saturated carbocycles. The molecule has 152 valence electrons. The van der Waals surface area contributed by atoms with E-state index in [4.69, 9.17) is 19.9 Å².